The first kappa shape index (κ1) is 14.0. The van der Waals surface area contributed by atoms with Gasteiger partial charge in [-0.05, 0) is 17.7 Å². The third-order valence-electron chi connectivity index (χ3n) is 3.13. The largest absolute Gasteiger partial charge is 0.390 e. The molecule has 0 unspecified atom stereocenters. The minimum absolute atomic E-state index is 0.122. The van der Waals surface area contributed by atoms with Crippen LogP contribution in [0.2, 0.25) is 0 Å². The Morgan fingerprint density at radius 2 is 1.81 bits per heavy atom. The van der Waals surface area contributed by atoms with Crippen molar-refractivity contribution in [3.05, 3.63) is 70.3 Å². The van der Waals surface area contributed by atoms with Crippen LogP contribution in [0.5, 0.6) is 0 Å². The van der Waals surface area contributed by atoms with E-state index in [4.69, 9.17) is 0 Å². The van der Waals surface area contributed by atoms with E-state index >= 15 is 0 Å². The molecule has 3 aromatic rings. The fraction of sp³-hybridized carbons (Fsp3) is 0.125. The maximum absolute atomic E-state index is 9.48. The van der Waals surface area contributed by atoms with E-state index < -0.39 is 0 Å². The van der Waals surface area contributed by atoms with Crippen molar-refractivity contribution < 1.29 is 5.11 Å². The second-order valence-corrected chi connectivity index (χ2v) is 5.60. The van der Waals surface area contributed by atoms with E-state index in [-0.39, 0.29) is 6.61 Å². The lowest BCUT2D eigenvalue weighted by Gasteiger charge is -2.01. The van der Waals surface area contributed by atoms with Crippen LogP contribution in [0.25, 0.3) is 11.3 Å². The van der Waals surface area contributed by atoms with Crippen LogP contribution in [0, 0.1) is 0 Å². The maximum Gasteiger partial charge on any atom is 0.118 e. The third kappa shape index (κ3) is 3.20. The Morgan fingerprint density at radius 3 is 2.52 bits per heavy atom. The van der Waals surface area contributed by atoms with Crippen LogP contribution in [0.3, 0.4) is 0 Å². The van der Waals surface area contributed by atoms with Crippen LogP contribution >= 0.6 is 15.9 Å². The molecule has 0 saturated heterocycles. The van der Waals surface area contributed by atoms with Crippen LogP contribution in [-0.4, -0.2) is 20.1 Å². The first-order chi connectivity index (χ1) is 10.3. The van der Waals surface area contributed by atoms with Crippen LogP contribution in [-0.2, 0) is 13.2 Å². The standard InChI is InChI=1S/C16H14BrN3O/c17-14-8-4-5-12(9-14)10-20-18-15(11-21)16(19-20)13-6-2-1-3-7-13/h1-9,21H,10-11H2. The number of nitrogens with zero attached hydrogens (tertiary/aromatic N) is 3. The molecular weight excluding hydrogens is 330 g/mol. The third-order valence-corrected chi connectivity index (χ3v) is 3.63. The van der Waals surface area contributed by atoms with E-state index in [0.29, 0.717) is 12.2 Å². The van der Waals surface area contributed by atoms with Crippen molar-refractivity contribution in [2.75, 3.05) is 0 Å². The highest BCUT2D eigenvalue weighted by molar-refractivity contribution is 9.10. The average Bonchev–Trinajstić information content (AvgIpc) is 2.91. The van der Waals surface area contributed by atoms with Gasteiger partial charge in [0.05, 0.1) is 13.2 Å². The number of halogens is 1. The zero-order valence-corrected chi connectivity index (χ0v) is 12.9. The van der Waals surface area contributed by atoms with Gasteiger partial charge in [0.2, 0.25) is 0 Å². The number of hydrogen-bond acceptors (Lipinski definition) is 3. The van der Waals surface area contributed by atoms with E-state index in [1.54, 1.807) is 4.80 Å². The molecule has 0 bridgehead atoms. The molecule has 106 valence electrons. The molecular formula is C16H14BrN3O. The summed E-state index contributed by atoms with van der Waals surface area (Å²) in [7, 11) is 0. The Morgan fingerprint density at radius 1 is 1.00 bits per heavy atom. The Bertz CT molecular complexity index is 740. The van der Waals surface area contributed by atoms with Crippen molar-refractivity contribution in [3.8, 4) is 11.3 Å². The Kier molecular flexibility index (Phi) is 4.13. The smallest absolute Gasteiger partial charge is 0.118 e. The summed E-state index contributed by atoms with van der Waals surface area (Å²) in [6.07, 6.45) is 0. The summed E-state index contributed by atoms with van der Waals surface area (Å²) in [4.78, 5) is 1.62. The molecule has 0 saturated carbocycles. The van der Waals surface area contributed by atoms with Crippen molar-refractivity contribution in [2.24, 2.45) is 0 Å². The number of rotatable bonds is 4. The topological polar surface area (TPSA) is 50.9 Å². The van der Waals surface area contributed by atoms with Crippen LogP contribution < -0.4 is 0 Å². The van der Waals surface area contributed by atoms with Crippen molar-refractivity contribution in [2.45, 2.75) is 13.2 Å². The predicted octanol–water partition coefficient (Wildman–Crippen LogP) is 3.25. The summed E-state index contributed by atoms with van der Waals surface area (Å²) in [6, 6.07) is 17.8. The predicted molar refractivity (Wildman–Crippen MR) is 84.6 cm³/mol. The number of benzene rings is 2. The van der Waals surface area contributed by atoms with Crippen molar-refractivity contribution >= 4 is 15.9 Å². The van der Waals surface area contributed by atoms with Gasteiger partial charge in [-0.15, -0.1) is 0 Å². The zero-order chi connectivity index (χ0) is 14.7. The molecule has 0 aliphatic rings. The fourth-order valence-electron chi connectivity index (χ4n) is 2.18. The van der Waals surface area contributed by atoms with Gasteiger partial charge in [0, 0.05) is 10.0 Å². The average molecular weight is 344 g/mol. The summed E-state index contributed by atoms with van der Waals surface area (Å²) in [5.74, 6) is 0. The first-order valence-electron chi connectivity index (χ1n) is 6.61. The summed E-state index contributed by atoms with van der Waals surface area (Å²) >= 11 is 3.46. The lowest BCUT2D eigenvalue weighted by atomic mass is 10.1. The number of hydrogen-bond donors (Lipinski definition) is 1. The molecule has 0 radical (unpaired) electrons. The Balaban J connectivity index is 1.93. The molecule has 1 N–H and O–H groups in total. The normalized spacial score (nSPS) is 10.8. The Hall–Kier alpha value is -1.98. The van der Waals surface area contributed by atoms with E-state index in [9.17, 15) is 5.11 Å². The number of aliphatic hydroxyl groups is 1. The van der Waals surface area contributed by atoms with Gasteiger partial charge in [-0.25, -0.2) is 0 Å². The van der Waals surface area contributed by atoms with Crippen molar-refractivity contribution in [1.29, 1.82) is 0 Å². The number of aliphatic hydroxyl groups excluding tert-OH is 1. The van der Waals surface area contributed by atoms with Crippen LogP contribution in [0.1, 0.15) is 11.3 Å². The van der Waals surface area contributed by atoms with Gasteiger partial charge in [-0.3, -0.25) is 0 Å². The summed E-state index contributed by atoms with van der Waals surface area (Å²) in [6.45, 7) is 0.446. The molecule has 0 spiro atoms. The second kappa shape index (κ2) is 6.20. The van der Waals surface area contributed by atoms with Gasteiger partial charge in [0.1, 0.15) is 11.4 Å². The summed E-state index contributed by atoms with van der Waals surface area (Å²) in [5.41, 5.74) is 3.38. The van der Waals surface area contributed by atoms with Crippen LogP contribution in [0.15, 0.2) is 59.1 Å². The maximum atomic E-state index is 9.48. The molecule has 0 amide bonds. The van der Waals surface area contributed by atoms with E-state index in [1.807, 2.05) is 54.6 Å². The minimum atomic E-state index is -0.122. The van der Waals surface area contributed by atoms with E-state index in [2.05, 4.69) is 26.1 Å². The quantitative estimate of drug-likeness (QED) is 0.791. The lowest BCUT2D eigenvalue weighted by molar-refractivity contribution is 0.276. The molecule has 1 aromatic heterocycles. The number of aromatic nitrogens is 3. The highest BCUT2D eigenvalue weighted by Crippen LogP contribution is 2.20. The lowest BCUT2D eigenvalue weighted by Crippen LogP contribution is -2.04. The SMILES string of the molecule is OCc1nn(Cc2cccc(Br)c2)nc1-c1ccccc1. The first-order valence-corrected chi connectivity index (χ1v) is 7.40. The highest BCUT2D eigenvalue weighted by atomic mass is 79.9. The monoisotopic (exact) mass is 343 g/mol. The summed E-state index contributed by atoms with van der Waals surface area (Å²) in [5, 5.41) is 18.4. The molecule has 0 aliphatic heterocycles. The molecule has 3 rings (SSSR count). The van der Waals surface area contributed by atoms with Gasteiger partial charge < -0.3 is 5.11 Å². The molecule has 0 aliphatic carbocycles. The molecule has 1 heterocycles. The van der Waals surface area contributed by atoms with Crippen molar-refractivity contribution in [1.82, 2.24) is 15.0 Å². The van der Waals surface area contributed by atoms with Gasteiger partial charge in [-0.1, -0.05) is 58.4 Å². The summed E-state index contributed by atoms with van der Waals surface area (Å²) < 4.78 is 1.03. The second-order valence-electron chi connectivity index (χ2n) is 4.68. The molecule has 5 heteroatoms. The minimum Gasteiger partial charge on any atom is -0.390 e. The molecule has 4 nitrogen and oxygen atoms in total. The molecule has 2 aromatic carbocycles. The highest BCUT2D eigenvalue weighted by Gasteiger charge is 2.12. The van der Waals surface area contributed by atoms with Gasteiger partial charge in [-0.2, -0.15) is 15.0 Å². The Labute approximate surface area is 131 Å². The molecule has 21 heavy (non-hydrogen) atoms. The fourth-order valence-corrected chi connectivity index (χ4v) is 2.63. The van der Waals surface area contributed by atoms with Gasteiger partial charge >= 0.3 is 0 Å². The van der Waals surface area contributed by atoms with Gasteiger partial charge in [0.15, 0.2) is 0 Å². The van der Waals surface area contributed by atoms with Gasteiger partial charge in [0.25, 0.3) is 0 Å². The molecule has 0 fully saturated rings. The van der Waals surface area contributed by atoms with E-state index in [0.717, 1.165) is 21.3 Å². The van der Waals surface area contributed by atoms with Crippen molar-refractivity contribution in [3.63, 3.8) is 0 Å². The zero-order valence-electron chi connectivity index (χ0n) is 11.3. The van der Waals surface area contributed by atoms with Crippen LogP contribution in [0.4, 0.5) is 0 Å². The molecule has 0 atom stereocenters. The van der Waals surface area contributed by atoms with E-state index in [1.165, 1.54) is 0 Å².